The smallest absolute Gasteiger partial charge is 0.270 e. The predicted molar refractivity (Wildman–Crippen MR) is 128 cm³/mol. The quantitative estimate of drug-likeness (QED) is 0.436. The molecule has 0 unspecified atom stereocenters. The van der Waals surface area contributed by atoms with Crippen molar-refractivity contribution in [3.8, 4) is 0 Å². The number of nitrogens with zero attached hydrogens (tertiary/aromatic N) is 3. The summed E-state index contributed by atoms with van der Waals surface area (Å²) < 4.78 is 27.2. The summed E-state index contributed by atoms with van der Waals surface area (Å²) in [6, 6.07) is 11.0. The molecule has 0 saturated carbocycles. The lowest BCUT2D eigenvalue weighted by Gasteiger charge is -2.30. The molecule has 2 aromatic carbocycles. The van der Waals surface area contributed by atoms with Gasteiger partial charge in [-0.3, -0.25) is 14.9 Å². The van der Waals surface area contributed by atoms with E-state index in [4.69, 9.17) is 11.6 Å². The van der Waals surface area contributed by atoms with Crippen molar-refractivity contribution in [2.45, 2.75) is 31.6 Å². The summed E-state index contributed by atoms with van der Waals surface area (Å²) in [4.78, 5) is 25.0. The van der Waals surface area contributed by atoms with E-state index >= 15 is 0 Å². The van der Waals surface area contributed by atoms with Crippen molar-refractivity contribution in [3.63, 3.8) is 0 Å². The summed E-state index contributed by atoms with van der Waals surface area (Å²) in [5.41, 5.74) is 1.42. The Morgan fingerprint density at radius 3 is 2.30 bits per heavy atom. The molecule has 178 valence electrons. The average Bonchev–Trinajstić information content (AvgIpc) is 2.81. The lowest BCUT2D eigenvalue weighted by Crippen LogP contribution is -2.41. The monoisotopic (exact) mass is 494 g/mol. The molecule has 9 nitrogen and oxygen atoms in total. The molecular formula is C22H27ClN4O5S. The first kappa shape index (κ1) is 24.9. The molecule has 1 aliphatic heterocycles. The SMILES string of the molecule is CCN(CC)c1ccc(NC(=O)C2CCN(S(=O)(=O)c3cc([N+](=O)[O-])ccc3Cl)CC2)cc1. The first-order valence-electron chi connectivity index (χ1n) is 10.8. The van der Waals surface area contributed by atoms with Crippen LogP contribution in [0.15, 0.2) is 47.4 Å². The van der Waals surface area contributed by atoms with Crippen molar-refractivity contribution in [1.82, 2.24) is 4.31 Å². The Kier molecular flexibility index (Phi) is 7.93. The van der Waals surface area contributed by atoms with Crippen molar-refractivity contribution in [3.05, 3.63) is 57.6 Å². The number of sulfonamides is 1. The number of anilines is 2. The van der Waals surface area contributed by atoms with E-state index < -0.39 is 14.9 Å². The zero-order valence-electron chi connectivity index (χ0n) is 18.5. The molecule has 1 fully saturated rings. The van der Waals surface area contributed by atoms with Crippen LogP contribution in [0.4, 0.5) is 17.1 Å². The molecule has 1 aliphatic rings. The fraction of sp³-hybridized carbons (Fsp3) is 0.409. The highest BCUT2D eigenvalue weighted by molar-refractivity contribution is 7.89. The third kappa shape index (κ3) is 5.63. The standard InChI is InChI=1S/C22H27ClN4O5S/c1-3-25(4-2)18-7-5-17(6-8-18)24-22(28)16-11-13-26(14-12-16)33(31,32)21-15-19(27(29)30)9-10-20(21)23/h5-10,15-16H,3-4,11-14H2,1-2H3,(H,24,28). The lowest BCUT2D eigenvalue weighted by molar-refractivity contribution is -0.385. The number of nitro benzene ring substituents is 1. The second-order valence-corrected chi connectivity index (χ2v) is 10.1. The van der Waals surface area contributed by atoms with E-state index in [1.165, 1.54) is 10.4 Å². The molecule has 2 aromatic rings. The van der Waals surface area contributed by atoms with Gasteiger partial charge in [0.25, 0.3) is 5.69 Å². The van der Waals surface area contributed by atoms with Crippen LogP contribution in [-0.4, -0.2) is 49.7 Å². The number of non-ortho nitro benzene ring substituents is 1. The summed E-state index contributed by atoms with van der Waals surface area (Å²) in [7, 11) is -4.01. The van der Waals surface area contributed by atoms with Crippen molar-refractivity contribution in [1.29, 1.82) is 0 Å². The normalized spacial score (nSPS) is 15.2. The summed E-state index contributed by atoms with van der Waals surface area (Å²) >= 11 is 6.03. The van der Waals surface area contributed by atoms with E-state index in [1.807, 2.05) is 24.3 Å². The zero-order chi connectivity index (χ0) is 24.2. The van der Waals surface area contributed by atoms with E-state index in [2.05, 4.69) is 24.1 Å². The number of nitro groups is 1. The largest absolute Gasteiger partial charge is 0.372 e. The van der Waals surface area contributed by atoms with Gasteiger partial charge in [-0.15, -0.1) is 0 Å². The van der Waals surface area contributed by atoms with Crippen molar-refractivity contribution < 1.29 is 18.1 Å². The van der Waals surface area contributed by atoms with Crippen molar-refractivity contribution in [2.75, 3.05) is 36.4 Å². The van der Waals surface area contributed by atoms with Gasteiger partial charge in [-0.25, -0.2) is 8.42 Å². The summed E-state index contributed by atoms with van der Waals surface area (Å²) in [6.07, 6.45) is 0.685. The van der Waals surface area contributed by atoms with Crippen LogP contribution in [0.2, 0.25) is 5.02 Å². The predicted octanol–water partition coefficient (Wildman–Crippen LogP) is 4.13. The first-order chi connectivity index (χ1) is 15.7. The Morgan fingerprint density at radius 1 is 1.15 bits per heavy atom. The van der Waals surface area contributed by atoms with Crippen LogP contribution in [0.3, 0.4) is 0 Å². The highest BCUT2D eigenvalue weighted by Gasteiger charge is 2.34. The first-order valence-corrected chi connectivity index (χ1v) is 12.6. The number of piperidine rings is 1. The Morgan fingerprint density at radius 2 is 1.76 bits per heavy atom. The van der Waals surface area contributed by atoms with Gasteiger partial charge in [0.2, 0.25) is 15.9 Å². The fourth-order valence-electron chi connectivity index (χ4n) is 3.89. The van der Waals surface area contributed by atoms with Crippen LogP contribution in [0.1, 0.15) is 26.7 Å². The maximum Gasteiger partial charge on any atom is 0.270 e. The van der Waals surface area contributed by atoms with E-state index in [0.717, 1.165) is 30.9 Å². The molecule has 33 heavy (non-hydrogen) atoms. The molecule has 3 rings (SSSR count). The number of hydrogen-bond acceptors (Lipinski definition) is 6. The number of hydrogen-bond donors (Lipinski definition) is 1. The Balaban J connectivity index is 1.63. The molecule has 1 saturated heterocycles. The van der Waals surface area contributed by atoms with Crippen LogP contribution >= 0.6 is 11.6 Å². The summed E-state index contributed by atoms with van der Waals surface area (Å²) in [5, 5.41) is 13.9. The van der Waals surface area contributed by atoms with E-state index in [9.17, 15) is 23.3 Å². The molecule has 0 bridgehead atoms. The van der Waals surface area contributed by atoms with Crippen LogP contribution in [0.5, 0.6) is 0 Å². The third-order valence-electron chi connectivity index (χ3n) is 5.83. The van der Waals surface area contributed by atoms with Gasteiger partial charge >= 0.3 is 0 Å². The van der Waals surface area contributed by atoms with E-state index in [-0.39, 0.29) is 40.5 Å². The zero-order valence-corrected chi connectivity index (χ0v) is 20.1. The molecule has 1 heterocycles. The number of carbonyl (C=O) groups excluding carboxylic acids is 1. The highest BCUT2D eigenvalue weighted by atomic mass is 35.5. The van der Waals surface area contributed by atoms with Gasteiger partial charge in [0.05, 0.1) is 9.95 Å². The van der Waals surface area contributed by atoms with Gasteiger partial charge < -0.3 is 10.2 Å². The molecule has 0 spiro atoms. The number of nitrogens with one attached hydrogen (secondary N) is 1. The number of benzene rings is 2. The number of halogens is 1. The van der Waals surface area contributed by atoms with E-state index in [0.29, 0.717) is 18.5 Å². The second-order valence-electron chi connectivity index (χ2n) is 7.76. The lowest BCUT2D eigenvalue weighted by atomic mass is 9.97. The van der Waals surface area contributed by atoms with Crippen molar-refractivity contribution >= 4 is 44.6 Å². The molecule has 11 heteroatoms. The molecule has 0 radical (unpaired) electrons. The Bertz CT molecular complexity index is 1110. The molecular weight excluding hydrogens is 468 g/mol. The molecule has 1 N–H and O–H groups in total. The number of amides is 1. The van der Waals surface area contributed by atoms with Gasteiger partial charge in [-0.2, -0.15) is 4.31 Å². The number of carbonyl (C=O) groups is 1. The van der Waals surface area contributed by atoms with Gasteiger partial charge in [0.1, 0.15) is 4.90 Å². The van der Waals surface area contributed by atoms with Crippen LogP contribution in [-0.2, 0) is 14.8 Å². The van der Waals surface area contributed by atoms with Gasteiger partial charge in [0.15, 0.2) is 0 Å². The average molecular weight is 495 g/mol. The minimum Gasteiger partial charge on any atom is -0.372 e. The molecule has 0 aliphatic carbocycles. The van der Waals surface area contributed by atoms with Crippen molar-refractivity contribution in [2.24, 2.45) is 5.92 Å². The molecule has 1 amide bonds. The highest BCUT2D eigenvalue weighted by Crippen LogP contribution is 2.31. The molecule has 0 aromatic heterocycles. The maximum atomic E-state index is 13.0. The van der Waals surface area contributed by atoms with Crippen LogP contribution < -0.4 is 10.2 Å². The van der Waals surface area contributed by atoms with Gasteiger partial charge in [-0.05, 0) is 57.0 Å². The minimum atomic E-state index is -4.01. The summed E-state index contributed by atoms with van der Waals surface area (Å²) in [5.74, 6) is -0.490. The van der Waals surface area contributed by atoms with Gasteiger partial charge in [-0.1, -0.05) is 11.6 Å². The third-order valence-corrected chi connectivity index (χ3v) is 8.21. The van der Waals surface area contributed by atoms with Gasteiger partial charge in [0, 0.05) is 55.6 Å². The summed E-state index contributed by atoms with van der Waals surface area (Å²) in [6.45, 7) is 6.20. The fourth-order valence-corrected chi connectivity index (χ4v) is 5.85. The Labute approximate surface area is 198 Å². The minimum absolute atomic E-state index is 0.0753. The number of rotatable bonds is 8. The van der Waals surface area contributed by atoms with Crippen LogP contribution in [0, 0.1) is 16.0 Å². The van der Waals surface area contributed by atoms with E-state index in [1.54, 1.807) is 0 Å². The van der Waals surface area contributed by atoms with Crippen LogP contribution in [0.25, 0.3) is 0 Å². The maximum absolute atomic E-state index is 13.0. The Hall–Kier alpha value is -2.69. The second kappa shape index (κ2) is 10.5. The topological polar surface area (TPSA) is 113 Å². The molecule has 0 atom stereocenters.